The second-order valence-electron chi connectivity index (χ2n) is 9.55. The van der Waals surface area contributed by atoms with Gasteiger partial charge in [0.1, 0.15) is 18.2 Å². The van der Waals surface area contributed by atoms with Crippen LogP contribution < -0.4 is 30.3 Å². The van der Waals surface area contributed by atoms with Crippen molar-refractivity contribution < 1.29 is 32.9 Å². The number of para-hydroxylation sites is 1. The third-order valence-electron chi connectivity index (χ3n) is 6.42. The molecule has 0 unspecified atom stereocenters. The SMILES string of the molecule is CCOC(=O)C1=C(C)NC(=S)N[C@@H]1c1ccccc1OCC(=O)NN=Cc1cc(Cl)c(OCc2ccccc2F)c(OCC)c1. The molecule has 0 aliphatic carbocycles. The van der Waals surface area contributed by atoms with Gasteiger partial charge in [-0.3, -0.25) is 4.79 Å². The van der Waals surface area contributed by atoms with Gasteiger partial charge in [0.2, 0.25) is 0 Å². The van der Waals surface area contributed by atoms with Crippen molar-refractivity contribution in [1.82, 2.24) is 16.1 Å². The molecule has 0 spiro atoms. The van der Waals surface area contributed by atoms with E-state index in [9.17, 15) is 14.0 Å². The summed E-state index contributed by atoms with van der Waals surface area (Å²) in [5.41, 5.74) is 4.81. The summed E-state index contributed by atoms with van der Waals surface area (Å²) >= 11 is 11.8. The number of rotatable bonds is 13. The van der Waals surface area contributed by atoms with Crippen molar-refractivity contribution in [2.45, 2.75) is 33.4 Å². The third kappa shape index (κ3) is 8.70. The zero-order valence-electron chi connectivity index (χ0n) is 24.8. The molecule has 10 nitrogen and oxygen atoms in total. The molecule has 4 rings (SSSR count). The number of nitrogens with zero attached hydrogens (tertiary/aromatic N) is 1. The molecule has 45 heavy (non-hydrogen) atoms. The van der Waals surface area contributed by atoms with Crippen LogP contribution in [0, 0.1) is 5.82 Å². The lowest BCUT2D eigenvalue weighted by Gasteiger charge is -2.30. The van der Waals surface area contributed by atoms with E-state index in [1.54, 1.807) is 75.4 Å². The Balaban J connectivity index is 1.41. The maximum Gasteiger partial charge on any atom is 0.338 e. The maximum atomic E-state index is 14.0. The molecule has 3 aromatic carbocycles. The van der Waals surface area contributed by atoms with E-state index in [0.717, 1.165) is 0 Å². The molecule has 3 N–H and O–H groups in total. The van der Waals surface area contributed by atoms with E-state index in [2.05, 4.69) is 21.2 Å². The van der Waals surface area contributed by atoms with Gasteiger partial charge in [-0.25, -0.2) is 14.6 Å². The quantitative estimate of drug-likeness (QED) is 0.0971. The molecular formula is C32H32ClFN4O6S. The fourth-order valence-corrected chi connectivity index (χ4v) is 4.99. The lowest BCUT2D eigenvalue weighted by atomic mass is 9.95. The van der Waals surface area contributed by atoms with E-state index >= 15 is 0 Å². The summed E-state index contributed by atoms with van der Waals surface area (Å²) in [4.78, 5) is 25.4. The predicted octanol–water partition coefficient (Wildman–Crippen LogP) is 5.34. The zero-order chi connectivity index (χ0) is 32.3. The molecule has 1 aliphatic rings. The van der Waals surface area contributed by atoms with Crippen LogP contribution >= 0.6 is 23.8 Å². The summed E-state index contributed by atoms with van der Waals surface area (Å²) in [5.74, 6) is -0.456. The second-order valence-corrected chi connectivity index (χ2v) is 10.4. The van der Waals surface area contributed by atoms with Crippen LogP contribution in [0.15, 0.2) is 77.0 Å². The average Bonchev–Trinajstić information content (AvgIpc) is 3.00. The fraction of sp³-hybridized carbons (Fsp3) is 0.250. The largest absolute Gasteiger partial charge is 0.490 e. The number of nitrogens with one attached hydrogen (secondary N) is 3. The van der Waals surface area contributed by atoms with Crippen LogP contribution in [0.5, 0.6) is 17.2 Å². The Morgan fingerprint density at radius 2 is 1.80 bits per heavy atom. The first kappa shape index (κ1) is 33.2. The number of ether oxygens (including phenoxy) is 4. The molecule has 0 saturated heterocycles. The predicted molar refractivity (Wildman–Crippen MR) is 172 cm³/mol. The first-order chi connectivity index (χ1) is 21.7. The van der Waals surface area contributed by atoms with E-state index in [1.165, 1.54) is 12.3 Å². The normalized spacial score (nSPS) is 14.4. The molecule has 1 atom stereocenters. The first-order valence-electron chi connectivity index (χ1n) is 14.0. The van der Waals surface area contributed by atoms with Crippen LogP contribution in [0.4, 0.5) is 4.39 Å². The number of amides is 1. The summed E-state index contributed by atoms with van der Waals surface area (Å²) in [5, 5.41) is 10.6. The van der Waals surface area contributed by atoms with Gasteiger partial charge in [0.15, 0.2) is 23.2 Å². The smallest absolute Gasteiger partial charge is 0.338 e. The number of carbonyl (C=O) groups excluding carboxylic acids is 2. The van der Waals surface area contributed by atoms with Crippen LogP contribution in [0.3, 0.4) is 0 Å². The number of allylic oxidation sites excluding steroid dienone is 1. The number of esters is 1. The highest BCUT2D eigenvalue weighted by atomic mass is 35.5. The van der Waals surface area contributed by atoms with Gasteiger partial charge in [-0.2, -0.15) is 5.10 Å². The Morgan fingerprint density at radius 1 is 1.04 bits per heavy atom. The molecule has 0 fully saturated rings. The lowest BCUT2D eigenvalue weighted by molar-refractivity contribution is -0.139. The highest BCUT2D eigenvalue weighted by molar-refractivity contribution is 7.80. The fourth-order valence-electron chi connectivity index (χ4n) is 4.44. The Hall–Kier alpha value is -4.68. The molecule has 0 bridgehead atoms. The highest BCUT2D eigenvalue weighted by Gasteiger charge is 2.32. The van der Waals surface area contributed by atoms with Crippen molar-refractivity contribution in [2.24, 2.45) is 5.10 Å². The van der Waals surface area contributed by atoms with Gasteiger partial charge in [0, 0.05) is 16.8 Å². The van der Waals surface area contributed by atoms with Crippen LogP contribution in [0.2, 0.25) is 5.02 Å². The Morgan fingerprint density at radius 3 is 2.56 bits per heavy atom. The van der Waals surface area contributed by atoms with Crippen molar-refractivity contribution in [3.63, 3.8) is 0 Å². The summed E-state index contributed by atoms with van der Waals surface area (Å²) in [7, 11) is 0. The van der Waals surface area contributed by atoms with Gasteiger partial charge in [-0.1, -0.05) is 48.0 Å². The van der Waals surface area contributed by atoms with Crippen molar-refractivity contribution in [2.75, 3.05) is 19.8 Å². The molecular weight excluding hydrogens is 623 g/mol. The second kappa shape index (κ2) is 15.9. The number of benzene rings is 3. The molecule has 236 valence electrons. The van der Waals surface area contributed by atoms with Gasteiger partial charge in [0.25, 0.3) is 5.91 Å². The molecule has 1 heterocycles. The Labute approximate surface area is 270 Å². The van der Waals surface area contributed by atoms with E-state index in [-0.39, 0.29) is 36.4 Å². The number of carbonyl (C=O) groups is 2. The third-order valence-corrected chi connectivity index (χ3v) is 6.92. The van der Waals surface area contributed by atoms with Crippen LogP contribution in [-0.2, 0) is 20.9 Å². The summed E-state index contributed by atoms with van der Waals surface area (Å²) in [6.45, 7) is 5.39. The van der Waals surface area contributed by atoms with Gasteiger partial charge in [-0.15, -0.1) is 0 Å². The number of hydrazone groups is 1. The highest BCUT2D eigenvalue weighted by Crippen LogP contribution is 2.37. The van der Waals surface area contributed by atoms with Crippen molar-refractivity contribution >= 4 is 47.0 Å². The molecule has 1 aliphatic heterocycles. The molecule has 3 aromatic rings. The van der Waals surface area contributed by atoms with Crippen LogP contribution in [0.1, 0.15) is 43.5 Å². The Bertz CT molecular complexity index is 1630. The molecule has 0 radical (unpaired) electrons. The van der Waals surface area contributed by atoms with Crippen molar-refractivity contribution in [3.8, 4) is 17.2 Å². The van der Waals surface area contributed by atoms with E-state index in [1.807, 2.05) is 0 Å². The van der Waals surface area contributed by atoms with Gasteiger partial charge < -0.3 is 29.6 Å². The van der Waals surface area contributed by atoms with Crippen molar-refractivity contribution in [3.05, 3.63) is 99.5 Å². The molecule has 0 aromatic heterocycles. The topological polar surface area (TPSA) is 120 Å². The Kier molecular flexibility index (Phi) is 11.7. The minimum atomic E-state index is -0.655. The monoisotopic (exact) mass is 654 g/mol. The van der Waals surface area contributed by atoms with Gasteiger partial charge in [0.05, 0.1) is 36.1 Å². The van der Waals surface area contributed by atoms with E-state index in [0.29, 0.717) is 51.2 Å². The van der Waals surface area contributed by atoms with Crippen LogP contribution in [0.25, 0.3) is 0 Å². The summed E-state index contributed by atoms with van der Waals surface area (Å²) in [6, 6.07) is 15.8. The average molecular weight is 655 g/mol. The standard InChI is InChI=1S/C32H32ClFN4O6S/c1-4-41-26-15-20(14-23(33)30(26)44-17-21-10-6-8-12-24(21)34)16-35-38-27(39)18-43-25-13-9-7-11-22(25)29-28(31(40)42-5-2)19(3)36-32(45)37-29/h6-16,29H,4-5,17-18H2,1-3H3,(H,38,39)(H2,36,37,45)/t29-/m1/s1. The van der Waals surface area contributed by atoms with E-state index in [4.69, 9.17) is 42.8 Å². The van der Waals surface area contributed by atoms with Crippen molar-refractivity contribution in [1.29, 1.82) is 0 Å². The molecule has 0 saturated carbocycles. The maximum absolute atomic E-state index is 14.0. The number of halogens is 2. The number of thiocarbonyl (C=S) groups is 1. The summed E-state index contributed by atoms with van der Waals surface area (Å²) in [6.07, 6.45) is 1.39. The van der Waals surface area contributed by atoms with Crippen LogP contribution in [-0.4, -0.2) is 43.0 Å². The summed E-state index contributed by atoms with van der Waals surface area (Å²) < 4.78 is 36.6. The van der Waals surface area contributed by atoms with Gasteiger partial charge in [-0.05, 0) is 62.8 Å². The zero-order valence-corrected chi connectivity index (χ0v) is 26.4. The number of hydrogen-bond donors (Lipinski definition) is 3. The van der Waals surface area contributed by atoms with Gasteiger partial charge >= 0.3 is 5.97 Å². The minimum absolute atomic E-state index is 0.0422. The van der Waals surface area contributed by atoms with E-state index < -0.39 is 17.9 Å². The molecule has 1 amide bonds. The minimum Gasteiger partial charge on any atom is -0.490 e. The molecule has 13 heteroatoms. The number of hydrogen-bond acceptors (Lipinski definition) is 8. The first-order valence-corrected chi connectivity index (χ1v) is 14.8. The lowest BCUT2D eigenvalue weighted by Crippen LogP contribution is -2.45.